The fourth-order valence-corrected chi connectivity index (χ4v) is 6.63. The largest absolute Gasteiger partial charge is 0.462 e. The van der Waals surface area contributed by atoms with Crippen molar-refractivity contribution >= 4 is 17.9 Å². The van der Waals surface area contributed by atoms with Crippen molar-refractivity contribution in [2.24, 2.45) is 0 Å². The van der Waals surface area contributed by atoms with Crippen molar-refractivity contribution in [1.82, 2.24) is 0 Å². The zero-order chi connectivity index (χ0) is 51.4. The lowest BCUT2D eigenvalue weighted by atomic mass is 10.1. The molecular formula is C65H98O6. The summed E-state index contributed by atoms with van der Waals surface area (Å²) in [5.41, 5.74) is 0. The van der Waals surface area contributed by atoms with E-state index in [0.29, 0.717) is 19.3 Å². The lowest BCUT2D eigenvalue weighted by molar-refractivity contribution is -0.166. The molecule has 0 aromatic carbocycles. The van der Waals surface area contributed by atoms with E-state index in [4.69, 9.17) is 14.2 Å². The zero-order valence-electron chi connectivity index (χ0n) is 44.9. The predicted molar refractivity (Wildman–Crippen MR) is 306 cm³/mol. The van der Waals surface area contributed by atoms with Gasteiger partial charge in [-0.25, -0.2) is 0 Å². The third kappa shape index (κ3) is 55.6. The summed E-state index contributed by atoms with van der Waals surface area (Å²) in [6.45, 7) is 6.22. The molecule has 0 bridgehead atoms. The average molecular weight is 975 g/mol. The summed E-state index contributed by atoms with van der Waals surface area (Å²) in [5.74, 6) is -1.12. The van der Waals surface area contributed by atoms with Crippen LogP contribution < -0.4 is 0 Å². The van der Waals surface area contributed by atoms with Gasteiger partial charge < -0.3 is 14.2 Å². The Morgan fingerprint density at radius 3 is 0.958 bits per heavy atom. The molecule has 0 heterocycles. The first-order valence-corrected chi connectivity index (χ1v) is 27.6. The van der Waals surface area contributed by atoms with Gasteiger partial charge in [0, 0.05) is 19.3 Å². The van der Waals surface area contributed by atoms with Crippen LogP contribution in [0.2, 0.25) is 0 Å². The molecule has 0 aliphatic heterocycles. The number of hydrogen-bond acceptors (Lipinski definition) is 6. The maximum Gasteiger partial charge on any atom is 0.306 e. The van der Waals surface area contributed by atoms with Crippen LogP contribution in [0.4, 0.5) is 0 Å². The Hall–Kier alpha value is -5.23. The van der Waals surface area contributed by atoms with Crippen molar-refractivity contribution in [3.05, 3.63) is 170 Å². The molecule has 0 aliphatic carbocycles. The minimum Gasteiger partial charge on any atom is -0.462 e. The highest BCUT2D eigenvalue weighted by Gasteiger charge is 2.19. The molecule has 394 valence electrons. The summed E-state index contributed by atoms with van der Waals surface area (Å²) >= 11 is 0. The van der Waals surface area contributed by atoms with Crippen molar-refractivity contribution < 1.29 is 28.6 Å². The summed E-state index contributed by atoms with van der Waals surface area (Å²) < 4.78 is 16.7. The Kier molecular flexibility index (Phi) is 53.1. The van der Waals surface area contributed by atoms with E-state index in [1.54, 1.807) is 0 Å². The molecule has 0 aromatic heterocycles. The van der Waals surface area contributed by atoms with Crippen LogP contribution in [0.25, 0.3) is 0 Å². The lowest BCUT2D eigenvalue weighted by Gasteiger charge is -2.18. The van der Waals surface area contributed by atoms with Crippen LogP contribution in [0.15, 0.2) is 170 Å². The van der Waals surface area contributed by atoms with E-state index < -0.39 is 12.1 Å². The summed E-state index contributed by atoms with van der Waals surface area (Å²) in [6.07, 6.45) is 85.0. The molecule has 0 spiro atoms. The van der Waals surface area contributed by atoms with E-state index in [1.807, 2.05) is 12.2 Å². The third-order valence-corrected chi connectivity index (χ3v) is 10.7. The number of ether oxygens (including phenoxy) is 3. The van der Waals surface area contributed by atoms with E-state index in [1.165, 1.54) is 25.7 Å². The van der Waals surface area contributed by atoms with Gasteiger partial charge in [-0.3, -0.25) is 14.4 Å². The minimum absolute atomic E-state index is 0.147. The molecule has 0 radical (unpaired) electrons. The van der Waals surface area contributed by atoms with Gasteiger partial charge in [-0.2, -0.15) is 0 Å². The van der Waals surface area contributed by atoms with E-state index in [2.05, 4.69) is 179 Å². The quantitative estimate of drug-likeness (QED) is 0.0262. The van der Waals surface area contributed by atoms with Crippen molar-refractivity contribution in [3.8, 4) is 0 Å². The topological polar surface area (TPSA) is 78.9 Å². The molecule has 0 saturated carbocycles. The Bertz CT molecular complexity index is 1690. The number of hydrogen-bond donors (Lipinski definition) is 0. The first-order chi connectivity index (χ1) is 35.0. The molecule has 71 heavy (non-hydrogen) atoms. The second kappa shape index (κ2) is 57.3. The number of carbonyl (C=O) groups is 3. The van der Waals surface area contributed by atoms with Gasteiger partial charge in [0.15, 0.2) is 6.10 Å². The maximum absolute atomic E-state index is 12.8. The molecule has 0 aliphatic rings. The standard InChI is InChI=1S/C65H98O6/c1-4-7-10-13-16-19-22-25-28-31-32-35-38-41-44-47-50-53-56-59-65(68)71-62(60-69-63(66)57-54-51-48-45-42-39-36-33-29-26-23-20-17-14-11-8-5-2)61-70-64(67)58-55-52-49-46-43-40-37-34-30-27-24-21-18-15-12-9-6-3/h7-8,10-11,16-21,25-30,32,35-37,39-41,44,46,49-50,53,62H,4-6,9,12-15,22-24,31,33-34,38,42-43,45,47-48,51-52,54-61H2,1-3H3/b10-7-,11-8-,19-16-,20-17-,21-18-,28-25-,29-26-,30-27-,35-32-,39-36-,40-37-,44-41-,49-46-,53-50-/t62-/m1/s1. The molecule has 0 fully saturated rings. The number of rotatable bonds is 47. The van der Waals surface area contributed by atoms with Crippen molar-refractivity contribution in [2.45, 2.75) is 207 Å². The number of carbonyl (C=O) groups excluding carboxylic acids is 3. The smallest absolute Gasteiger partial charge is 0.306 e. The van der Waals surface area contributed by atoms with Crippen molar-refractivity contribution in [3.63, 3.8) is 0 Å². The highest BCUT2D eigenvalue weighted by Crippen LogP contribution is 2.10. The molecule has 0 saturated heterocycles. The lowest BCUT2D eigenvalue weighted by Crippen LogP contribution is -2.30. The first kappa shape index (κ1) is 65.8. The van der Waals surface area contributed by atoms with Crippen LogP contribution in [-0.2, 0) is 28.6 Å². The van der Waals surface area contributed by atoms with E-state index in [9.17, 15) is 14.4 Å². The van der Waals surface area contributed by atoms with Crippen LogP contribution >= 0.6 is 0 Å². The Balaban J connectivity index is 4.68. The second-order valence-corrected chi connectivity index (χ2v) is 17.4. The summed E-state index contributed by atoms with van der Waals surface area (Å²) in [7, 11) is 0. The second-order valence-electron chi connectivity index (χ2n) is 17.4. The molecule has 0 unspecified atom stereocenters. The number of allylic oxidation sites excluding steroid dienone is 28. The molecule has 0 amide bonds. The van der Waals surface area contributed by atoms with Gasteiger partial charge in [0.25, 0.3) is 0 Å². The van der Waals surface area contributed by atoms with E-state index >= 15 is 0 Å². The molecule has 6 nitrogen and oxygen atoms in total. The van der Waals surface area contributed by atoms with Crippen molar-refractivity contribution in [2.75, 3.05) is 13.2 Å². The summed E-state index contributed by atoms with van der Waals surface area (Å²) in [6, 6.07) is 0. The number of unbranched alkanes of at least 4 members (excludes halogenated alkanes) is 8. The highest BCUT2D eigenvalue weighted by molar-refractivity contribution is 5.71. The first-order valence-electron chi connectivity index (χ1n) is 27.6. The monoisotopic (exact) mass is 975 g/mol. The molecular weight excluding hydrogens is 877 g/mol. The Morgan fingerprint density at radius 1 is 0.296 bits per heavy atom. The molecule has 0 rings (SSSR count). The molecule has 0 aromatic rings. The molecule has 6 heteroatoms. The van der Waals surface area contributed by atoms with Crippen LogP contribution in [0.5, 0.6) is 0 Å². The van der Waals surface area contributed by atoms with E-state index in [0.717, 1.165) is 122 Å². The maximum atomic E-state index is 12.8. The molecule has 1 atom stereocenters. The van der Waals surface area contributed by atoms with Crippen LogP contribution in [-0.4, -0.2) is 37.2 Å². The minimum atomic E-state index is -0.861. The van der Waals surface area contributed by atoms with Crippen LogP contribution in [0.1, 0.15) is 201 Å². The van der Waals surface area contributed by atoms with Gasteiger partial charge in [-0.15, -0.1) is 0 Å². The summed E-state index contributed by atoms with van der Waals surface area (Å²) in [4.78, 5) is 38.1. The van der Waals surface area contributed by atoms with Gasteiger partial charge in [0.1, 0.15) is 13.2 Å². The van der Waals surface area contributed by atoms with Gasteiger partial charge in [0.05, 0.1) is 0 Å². The van der Waals surface area contributed by atoms with Gasteiger partial charge in [-0.05, 0) is 135 Å². The van der Waals surface area contributed by atoms with Gasteiger partial charge >= 0.3 is 17.9 Å². The van der Waals surface area contributed by atoms with E-state index in [-0.39, 0.29) is 38.0 Å². The normalized spacial score (nSPS) is 13.5. The number of esters is 3. The SMILES string of the molecule is CC/C=C\C/C=C\C/C=C\C/C=C\C/C=C\C/C=C\CCC(=O)O[C@@H](COC(=O)CCC/C=C\C/C=C\C/C=C\C/C=C\CCCCC)COC(=O)CCCCCC/C=C\C/C=C\C/C=C\C/C=C\CC. The highest BCUT2D eigenvalue weighted by atomic mass is 16.6. The average Bonchev–Trinajstić information content (AvgIpc) is 3.37. The third-order valence-electron chi connectivity index (χ3n) is 10.7. The van der Waals surface area contributed by atoms with Gasteiger partial charge in [-0.1, -0.05) is 217 Å². The Labute approximate surface area is 434 Å². The zero-order valence-corrected chi connectivity index (χ0v) is 44.9. The van der Waals surface area contributed by atoms with Crippen LogP contribution in [0, 0.1) is 0 Å². The fraction of sp³-hybridized carbons (Fsp3) is 0.523. The fourth-order valence-electron chi connectivity index (χ4n) is 6.63. The predicted octanol–water partition coefficient (Wildman–Crippen LogP) is 18.8. The van der Waals surface area contributed by atoms with Crippen LogP contribution in [0.3, 0.4) is 0 Å². The molecule has 0 N–H and O–H groups in total. The Morgan fingerprint density at radius 2 is 0.592 bits per heavy atom. The van der Waals surface area contributed by atoms with Gasteiger partial charge in [0.2, 0.25) is 0 Å². The van der Waals surface area contributed by atoms with Crippen molar-refractivity contribution in [1.29, 1.82) is 0 Å². The summed E-state index contributed by atoms with van der Waals surface area (Å²) in [5, 5.41) is 0.